The first kappa shape index (κ1) is 27.0. The second-order valence-electron chi connectivity index (χ2n) is 9.02. The number of nitriles is 1. The van der Waals surface area contributed by atoms with Crippen LogP contribution in [0, 0.1) is 11.3 Å². The Balaban J connectivity index is 1.48. The highest BCUT2D eigenvalue weighted by Crippen LogP contribution is 2.42. The van der Waals surface area contributed by atoms with Crippen LogP contribution in [0.3, 0.4) is 0 Å². The van der Waals surface area contributed by atoms with Crippen LogP contribution in [0.5, 0.6) is 11.5 Å². The lowest BCUT2D eigenvalue weighted by molar-refractivity contribution is -0.759. The number of hydrogen-bond donors (Lipinski definition) is 0. The molecule has 40 heavy (non-hydrogen) atoms. The van der Waals surface area contributed by atoms with Gasteiger partial charge in [-0.15, -0.1) is 0 Å². The van der Waals surface area contributed by atoms with Crippen LogP contribution in [-0.4, -0.2) is 49.2 Å². The quantitative estimate of drug-likeness (QED) is 0.131. The van der Waals surface area contributed by atoms with Crippen molar-refractivity contribution in [2.75, 3.05) is 38.1 Å². The maximum Gasteiger partial charge on any atom is 0.324 e. The molecule has 3 heterocycles. The van der Waals surface area contributed by atoms with Crippen LogP contribution in [0.1, 0.15) is 24.8 Å². The Morgan fingerprint density at radius 1 is 1.10 bits per heavy atom. The third kappa shape index (κ3) is 5.87. The topological polar surface area (TPSA) is 124 Å². The summed E-state index contributed by atoms with van der Waals surface area (Å²) < 4.78 is 16.4. The Hall–Kier alpha value is -4.56. The van der Waals surface area contributed by atoms with Gasteiger partial charge in [-0.3, -0.25) is 4.52 Å². The average molecular weight is 557 g/mol. The predicted octanol–water partition coefficient (Wildman–Crippen LogP) is 3.88. The monoisotopic (exact) mass is 556 g/mol. The molecule has 10 nitrogen and oxygen atoms in total. The Morgan fingerprint density at radius 2 is 1.90 bits per heavy atom. The minimum absolute atomic E-state index is 0.0426. The van der Waals surface area contributed by atoms with E-state index >= 15 is 0 Å². The van der Waals surface area contributed by atoms with E-state index in [9.17, 15) is 10.4 Å². The third-order valence-corrected chi connectivity index (χ3v) is 7.45. The molecule has 1 fully saturated rings. The molecule has 1 aliphatic rings. The summed E-state index contributed by atoms with van der Waals surface area (Å²) in [5, 5.41) is 29.5. The molecule has 0 bridgehead atoms. The van der Waals surface area contributed by atoms with Crippen LogP contribution in [0.25, 0.3) is 22.4 Å². The first-order valence-corrected chi connectivity index (χ1v) is 13.8. The Labute approximate surface area is 236 Å². The van der Waals surface area contributed by atoms with Gasteiger partial charge in [0.25, 0.3) is 6.20 Å². The predicted molar refractivity (Wildman–Crippen MR) is 149 cm³/mol. The number of thioether (sulfide) groups is 1. The van der Waals surface area contributed by atoms with Crippen molar-refractivity contribution in [2.24, 2.45) is 4.99 Å². The van der Waals surface area contributed by atoms with Gasteiger partial charge in [0.1, 0.15) is 11.1 Å². The molecule has 0 N–H and O–H groups in total. The van der Waals surface area contributed by atoms with Crippen LogP contribution >= 0.6 is 11.8 Å². The molecule has 0 spiro atoms. The van der Waals surface area contributed by atoms with Gasteiger partial charge in [0.2, 0.25) is 5.27 Å². The van der Waals surface area contributed by atoms with Crippen LogP contribution in [-0.2, 0) is 0 Å². The molecule has 0 atom stereocenters. The zero-order valence-electron chi connectivity index (χ0n) is 22.2. The number of methoxy groups -OCH3 is 2. The summed E-state index contributed by atoms with van der Waals surface area (Å²) in [6, 6.07) is 19.3. The summed E-state index contributed by atoms with van der Waals surface area (Å²) in [5.74, 6) is 0.701. The molecule has 11 heteroatoms. The number of hydrogen-bond acceptors (Lipinski definition) is 10. The lowest BCUT2D eigenvalue weighted by Crippen LogP contribution is -2.60. The van der Waals surface area contributed by atoms with E-state index in [0.29, 0.717) is 38.9 Å². The summed E-state index contributed by atoms with van der Waals surface area (Å²) in [6.45, 7) is 1.75. The van der Waals surface area contributed by atoms with Crippen LogP contribution in [0.2, 0.25) is 0 Å². The van der Waals surface area contributed by atoms with Crippen molar-refractivity contribution in [2.45, 2.75) is 24.3 Å². The van der Waals surface area contributed by atoms with E-state index in [1.54, 1.807) is 31.3 Å². The first-order chi connectivity index (χ1) is 19.6. The number of pyridine rings is 1. The molecule has 204 valence electrons. The number of aliphatic imine (C=N–C) groups is 1. The van der Waals surface area contributed by atoms with Gasteiger partial charge in [0.05, 0.1) is 43.4 Å². The molecule has 0 unspecified atom stereocenters. The van der Waals surface area contributed by atoms with Gasteiger partial charge in [-0.05, 0) is 37.3 Å². The van der Waals surface area contributed by atoms with Crippen LogP contribution in [0.4, 0.5) is 5.88 Å². The second kappa shape index (κ2) is 12.5. The van der Waals surface area contributed by atoms with Gasteiger partial charge in [-0.1, -0.05) is 54.2 Å². The highest BCUT2D eigenvalue weighted by Gasteiger charge is 2.23. The summed E-state index contributed by atoms with van der Waals surface area (Å²) >= 11 is 1.15. The van der Waals surface area contributed by atoms with E-state index < -0.39 is 5.90 Å². The Morgan fingerprint density at radius 3 is 2.62 bits per heavy atom. The van der Waals surface area contributed by atoms with Gasteiger partial charge in [-0.25, -0.2) is 9.98 Å². The molecular formula is C29H28N6O4S. The third-order valence-electron chi connectivity index (χ3n) is 6.49. The van der Waals surface area contributed by atoms with E-state index in [1.165, 1.54) is 6.42 Å². The standard InChI is InChI=1S/C29H28N6O4S/c1-37-25-13-9-12-21(28(25)38-2)22-16-24(20-10-5-3-6-11-20)31-29(23(22)17-30)40-19-26(36)32-27-18-35(33-39-27)34-14-7-4-8-15-34/h3,5-6,9-13,16,18H,4,7-8,14-15,19H2,1-2H3. The molecule has 2 aromatic carbocycles. The highest BCUT2D eigenvalue weighted by molar-refractivity contribution is 8.00. The SMILES string of the molecule is COc1cccc(-c2cc(-c3ccccc3)nc(SC/C([O-])=N\c3c[n+](N4CCCCC4)no3)c2C#N)c1OC. The first-order valence-electron chi connectivity index (χ1n) is 12.8. The maximum atomic E-state index is 12.8. The van der Waals surface area contributed by atoms with E-state index in [1.807, 2.05) is 48.5 Å². The fraction of sp³-hybridized carbons (Fsp3) is 0.276. The molecule has 0 radical (unpaired) electrons. The number of aromatic nitrogens is 3. The molecule has 2 aromatic heterocycles. The maximum absolute atomic E-state index is 12.8. The van der Waals surface area contributed by atoms with Crippen molar-refractivity contribution in [3.63, 3.8) is 0 Å². The summed E-state index contributed by atoms with van der Waals surface area (Å²) in [5.41, 5.74) is 3.16. The van der Waals surface area contributed by atoms with Crippen LogP contribution < -0.4 is 24.4 Å². The Bertz CT molecular complexity index is 1540. The van der Waals surface area contributed by atoms with Crippen molar-refractivity contribution in [3.8, 4) is 40.0 Å². The molecule has 0 amide bonds. The number of benzene rings is 2. The summed E-state index contributed by atoms with van der Waals surface area (Å²) in [7, 11) is 3.12. The smallest absolute Gasteiger partial charge is 0.324 e. The van der Waals surface area contributed by atoms with E-state index in [4.69, 9.17) is 19.0 Å². The molecular weight excluding hydrogens is 528 g/mol. The van der Waals surface area contributed by atoms with Crippen LogP contribution in [0.15, 0.2) is 75.3 Å². The average Bonchev–Trinajstić information content (AvgIpc) is 3.48. The fourth-order valence-corrected chi connectivity index (χ4v) is 5.37. The Kier molecular flexibility index (Phi) is 8.47. The molecule has 5 rings (SSSR count). The van der Waals surface area contributed by atoms with Gasteiger partial charge in [0, 0.05) is 22.4 Å². The number of piperidine rings is 1. The highest BCUT2D eigenvalue weighted by atomic mass is 32.2. The summed E-state index contributed by atoms with van der Waals surface area (Å²) in [4.78, 5) is 10.4. The van der Waals surface area contributed by atoms with Gasteiger partial charge in [-0.2, -0.15) is 10.3 Å². The second-order valence-corrected chi connectivity index (χ2v) is 9.99. The molecule has 1 aliphatic heterocycles. The van der Waals surface area contributed by atoms with Gasteiger partial charge in [0.15, 0.2) is 11.5 Å². The lowest BCUT2D eigenvalue weighted by Gasteiger charge is -2.17. The number of nitrogens with zero attached hydrogens (tertiary/aromatic N) is 6. The molecule has 0 aliphatic carbocycles. The number of para-hydroxylation sites is 1. The van der Waals surface area contributed by atoms with Crippen molar-refractivity contribution in [1.29, 1.82) is 5.26 Å². The van der Waals surface area contributed by atoms with E-state index in [-0.39, 0.29) is 11.6 Å². The van der Waals surface area contributed by atoms with Crippen molar-refractivity contribution in [3.05, 3.63) is 66.4 Å². The number of ether oxygens (including phenoxy) is 2. The minimum Gasteiger partial charge on any atom is -0.861 e. The largest absolute Gasteiger partial charge is 0.861 e. The lowest BCUT2D eigenvalue weighted by atomic mass is 9.98. The minimum atomic E-state index is -0.428. The van der Waals surface area contributed by atoms with E-state index in [2.05, 4.69) is 21.3 Å². The zero-order valence-corrected chi connectivity index (χ0v) is 23.1. The molecule has 0 saturated carbocycles. The van der Waals surface area contributed by atoms with Crippen molar-refractivity contribution < 1.29 is 23.9 Å². The molecule has 4 aromatic rings. The van der Waals surface area contributed by atoms with Gasteiger partial charge >= 0.3 is 5.88 Å². The fourth-order valence-electron chi connectivity index (χ4n) is 4.58. The van der Waals surface area contributed by atoms with Gasteiger partial charge < -0.3 is 14.6 Å². The summed E-state index contributed by atoms with van der Waals surface area (Å²) in [6.07, 6.45) is 4.97. The normalized spacial score (nSPS) is 13.6. The molecule has 1 saturated heterocycles. The number of rotatable bonds is 9. The zero-order chi connectivity index (χ0) is 27.9. The van der Waals surface area contributed by atoms with Crippen molar-refractivity contribution in [1.82, 2.24) is 10.3 Å². The van der Waals surface area contributed by atoms with Crippen molar-refractivity contribution >= 4 is 23.5 Å². The van der Waals surface area contributed by atoms with E-state index in [0.717, 1.165) is 43.3 Å².